The Morgan fingerprint density at radius 1 is 1.26 bits per heavy atom. The second-order valence-corrected chi connectivity index (χ2v) is 4.65. The molecule has 19 heavy (non-hydrogen) atoms. The fraction of sp³-hybridized carbons (Fsp3) is 0.267. The molecule has 1 N–H and O–H groups in total. The molecule has 4 nitrogen and oxygen atoms in total. The molecule has 2 aromatic rings. The van der Waals surface area contributed by atoms with Gasteiger partial charge in [0.25, 0.3) is 5.91 Å². The molecule has 0 fully saturated rings. The number of para-hydroxylation sites is 1. The quantitative estimate of drug-likeness (QED) is 0.854. The van der Waals surface area contributed by atoms with Gasteiger partial charge in [-0.2, -0.15) is 0 Å². The number of nitrogens with zero attached hydrogens (tertiary/aromatic N) is 1. The van der Waals surface area contributed by atoms with E-state index in [1.165, 1.54) is 6.26 Å². The van der Waals surface area contributed by atoms with Crippen LogP contribution < -0.4 is 4.90 Å². The van der Waals surface area contributed by atoms with Gasteiger partial charge in [-0.1, -0.05) is 18.2 Å². The smallest absolute Gasteiger partial charge is 0.293 e. The van der Waals surface area contributed by atoms with Crippen LogP contribution in [-0.2, 0) is 0 Å². The molecule has 98 valence electrons. The molecule has 3 rings (SSSR count). The van der Waals surface area contributed by atoms with E-state index in [0.717, 1.165) is 17.7 Å². The summed E-state index contributed by atoms with van der Waals surface area (Å²) in [5.74, 6) is 0.165. The lowest BCUT2D eigenvalue weighted by atomic mass is 10.0. The van der Waals surface area contributed by atoms with E-state index in [4.69, 9.17) is 4.42 Å². The summed E-state index contributed by atoms with van der Waals surface area (Å²) >= 11 is 0. The highest BCUT2D eigenvalue weighted by atomic mass is 16.3. The third kappa shape index (κ3) is 2.15. The van der Waals surface area contributed by atoms with Gasteiger partial charge in [-0.25, -0.2) is 0 Å². The summed E-state index contributed by atoms with van der Waals surface area (Å²) in [4.78, 5) is 14.1. The van der Waals surface area contributed by atoms with Gasteiger partial charge in [0, 0.05) is 17.8 Å². The van der Waals surface area contributed by atoms with Crippen molar-refractivity contribution < 1.29 is 14.3 Å². The zero-order valence-electron chi connectivity index (χ0n) is 10.5. The van der Waals surface area contributed by atoms with Gasteiger partial charge >= 0.3 is 0 Å². The molecule has 1 aliphatic heterocycles. The van der Waals surface area contributed by atoms with Crippen LogP contribution in [0.1, 0.15) is 35.1 Å². The lowest BCUT2D eigenvalue weighted by Gasteiger charge is -2.22. The first-order valence-corrected chi connectivity index (χ1v) is 6.40. The maximum Gasteiger partial charge on any atom is 0.293 e. The maximum atomic E-state index is 12.4. The van der Waals surface area contributed by atoms with Crippen LogP contribution in [0.25, 0.3) is 0 Å². The zero-order valence-corrected chi connectivity index (χ0v) is 10.5. The van der Waals surface area contributed by atoms with Crippen molar-refractivity contribution in [2.24, 2.45) is 0 Å². The Balaban J connectivity index is 2.02. The Hall–Kier alpha value is -2.07. The molecule has 1 aromatic heterocycles. The summed E-state index contributed by atoms with van der Waals surface area (Å²) in [6.45, 7) is 0.591. The van der Waals surface area contributed by atoms with Crippen molar-refractivity contribution in [3.8, 4) is 0 Å². The normalized spacial score (nSPS) is 18.8. The standard InChI is InChI=1S/C15H15NO3/c17-13-7-3-9-16(12-6-2-1-5-11(12)13)15(18)14-8-4-10-19-14/h1-2,4-6,8,10,13,17H,3,7,9H2/t13-/m0/s1. The number of furan rings is 1. The number of hydrogen-bond donors (Lipinski definition) is 1. The van der Waals surface area contributed by atoms with Crippen LogP contribution in [0, 0.1) is 0 Å². The molecule has 2 heterocycles. The predicted molar refractivity (Wildman–Crippen MR) is 71.0 cm³/mol. The molecule has 0 unspecified atom stereocenters. The minimum absolute atomic E-state index is 0.161. The third-order valence-corrected chi connectivity index (χ3v) is 3.42. The number of rotatable bonds is 1. The Labute approximate surface area is 111 Å². The lowest BCUT2D eigenvalue weighted by Crippen LogP contribution is -2.31. The first-order chi connectivity index (χ1) is 9.27. The van der Waals surface area contributed by atoms with Crippen LogP contribution in [0.15, 0.2) is 47.1 Å². The molecule has 0 radical (unpaired) electrons. The number of fused-ring (bicyclic) bond motifs is 1. The molecule has 0 saturated heterocycles. The molecule has 0 aliphatic carbocycles. The van der Waals surface area contributed by atoms with Gasteiger partial charge in [0.2, 0.25) is 0 Å². The fourth-order valence-corrected chi connectivity index (χ4v) is 2.48. The van der Waals surface area contributed by atoms with Crippen LogP contribution in [0.3, 0.4) is 0 Å². The number of amides is 1. The number of hydrogen-bond acceptors (Lipinski definition) is 3. The number of carbonyl (C=O) groups is 1. The van der Waals surface area contributed by atoms with Crippen molar-refractivity contribution >= 4 is 11.6 Å². The van der Waals surface area contributed by atoms with E-state index in [1.54, 1.807) is 17.0 Å². The zero-order chi connectivity index (χ0) is 13.2. The lowest BCUT2D eigenvalue weighted by molar-refractivity contribution is 0.0960. The topological polar surface area (TPSA) is 53.7 Å². The van der Waals surface area contributed by atoms with Gasteiger partial charge in [-0.15, -0.1) is 0 Å². The first kappa shape index (κ1) is 12.0. The van der Waals surface area contributed by atoms with E-state index in [2.05, 4.69) is 0 Å². The van der Waals surface area contributed by atoms with Gasteiger partial charge in [0.1, 0.15) is 0 Å². The van der Waals surface area contributed by atoms with E-state index in [-0.39, 0.29) is 5.91 Å². The largest absolute Gasteiger partial charge is 0.459 e. The van der Waals surface area contributed by atoms with Crippen molar-refractivity contribution in [1.82, 2.24) is 0 Å². The number of anilines is 1. The molecule has 1 amide bonds. The second-order valence-electron chi connectivity index (χ2n) is 4.65. The molecule has 1 aromatic carbocycles. The predicted octanol–water partition coefficient (Wildman–Crippen LogP) is 2.75. The average Bonchev–Trinajstić information content (AvgIpc) is 2.91. The molecule has 4 heteroatoms. The Morgan fingerprint density at radius 2 is 2.11 bits per heavy atom. The van der Waals surface area contributed by atoms with Crippen molar-refractivity contribution in [3.63, 3.8) is 0 Å². The van der Waals surface area contributed by atoms with Crippen LogP contribution in [0.5, 0.6) is 0 Å². The van der Waals surface area contributed by atoms with Crippen molar-refractivity contribution in [3.05, 3.63) is 54.0 Å². The molecular formula is C15H15NO3. The van der Waals surface area contributed by atoms with Crippen molar-refractivity contribution in [2.75, 3.05) is 11.4 Å². The monoisotopic (exact) mass is 257 g/mol. The average molecular weight is 257 g/mol. The van der Waals surface area contributed by atoms with Gasteiger partial charge in [0.15, 0.2) is 5.76 Å². The highest BCUT2D eigenvalue weighted by Crippen LogP contribution is 2.33. The van der Waals surface area contributed by atoms with Crippen molar-refractivity contribution in [1.29, 1.82) is 0 Å². The van der Waals surface area contributed by atoms with Crippen LogP contribution in [-0.4, -0.2) is 17.6 Å². The van der Waals surface area contributed by atoms with E-state index < -0.39 is 6.10 Å². The Morgan fingerprint density at radius 3 is 2.89 bits per heavy atom. The molecule has 1 atom stereocenters. The van der Waals surface area contributed by atoms with E-state index in [9.17, 15) is 9.90 Å². The van der Waals surface area contributed by atoms with Gasteiger partial charge in [-0.05, 0) is 31.0 Å². The summed E-state index contributed by atoms with van der Waals surface area (Å²) in [5, 5.41) is 10.1. The molecule has 0 bridgehead atoms. The fourth-order valence-electron chi connectivity index (χ4n) is 2.48. The van der Waals surface area contributed by atoms with Gasteiger partial charge in [-0.3, -0.25) is 4.79 Å². The summed E-state index contributed by atoms with van der Waals surface area (Å²) < 4.78 is 5.18. The summed E-state index contributed by atoms with van der Waals surface area (Å²) in [6.07, 6.45) is 2.41. The van der Waals surface area contributed by atoms with Crippen molar-refractivity contribution in [2.45, 2.75) is 18.9 Å². The minimum Gasteiger partial charge on any atom is -0.459 e. The summed E-state index contributed by atoms with van der Waals surface area (Å²) in [5.41, 5.74) is 1.58. The molecular weight excluding hydrogens is 242 g/mol. The van der Waals surface area contributed by atoms with Crippen LogP contribution in [0.2, 0.25) is 0 Å². The Kier molecular flexibility index (Phi) is 3.09. The third-order valence-electron chi connectivity index (χ3n) is 3.42. The van der Waals surface area contributed by atoms with Gasteiger partial charge < -0.3 is 14.4 Å². The number of aliphatic hydroxyl groups is 1. The summed E-state index contributed by atoms with van der Waals surface area (Å²) in [7, 11) is 0. The summed E-state index contributed by atoms with van der Waals surface area (Å²) in [6, 6.07) is 10.8. The number of carbonyl (C=O) groups excluding carboxylic acids is 1. The molecule has 0 spiro atoms. The molecule has 0 saturated carbocycles. The van der Waals surface area contributed by atoms with Crippen LogP contribution in [0.4, 0.5) is 5.69 Å². The molecule has 1 aliphatic rings. The van der Waals surface area contributed by atoms with E-state index in [0.29, 0.717) is 18.7 Å². The number of aliphatic hydroxyl groups excluding tert-OH is 1. The highest BCUT2D eigenvalue weighted by Gasteiger charge is 2.26. The van der Waals surface area contributed by atoms with E-state index >= 15 is 0 Å². The number of benzene rings is 1. The maximum absolute atomic E-state index is 12.4. The highest BCUT2D eigenvalue weighted by molar-refractivity contribution is 6.04. The van der Waals surface area contributed by atoms with E-state index in [1.807, 2.05) is 24.3 Å². The SMILES string of the molecule is O=C(c1ccco1)N1CCC[C@H](O)c2ccccc21. The second kappa shape index (κ2) is 4.90. The minimum atomic E-state index is -0.509. The first-order valence-electron chi connectivity index (χ1n) is 6.40. The van der Waals surface area contributed by atoms with Crippen LogP contribution >= 0.6 is 0 Å². The van der Waals surface area contributed by atoms with Gasteiger partial charge in [0.05, 0.1) is 12.4 Å². The Bertz CT molecular complexity index is 577.